The predicted molar refractivity (Wildman–Crippen MR) is 103 cm³/mol. The highest BCUT2D eigenvalue weighted by Gasteiger charge is 2.19. The summed E-state index contributed by atoms with van der Waals surface area (Å²) in [6.07, 6.45) is 3.80. The van der Waals surface area contributed by atoms with Crippen LogP contribution in [0.5, 0.6) is 5.75 Å². The summed E-state index contributed by atoms with van der Waals surface area (Å²) >= 11 is 0. The van der Waals surface area contributed by atoms with E-state index in [0.717, 1.165) is 17.8 Å². The number of anilines is 2. The number of aryl methyl sites for hydroxylation is 1. The van der Waals surface area contributed by atoms with E-state index in [-0.39, 0.29) is 5.91 Å². The van der Waals surface area contributed by atoms with Crippen molar-refractivity contribution in [1.29, 1.82) is 0 Å². The number of carbonyl (C=O) groups is 1. The molecular weight excluding hydrogens is 312 g/mol. The van der Waals surface area contributed by atoms with Crippen molar-refractivity contribution >= 4 is 17.3 Å². The van der Waals surface area contributed by atoms with Gasteiger partial charge in [0, 0.05) is 24.0 Å². The van der Waals surface area contributed by atoms with Crippen LogP contribution in [-0.4, -0.2) is 25.6 Å². The molecule has 1 heterocycles. The van der Waals surface area contributed by atoms with Crippen LogP contribution in [0, 0.1) is 6.92 Å². The van der Waals surface area contributed by atoms with Crippen LogP contribution in [0.2, 0.25) is 0 Å². The van der Waals surface area contributed by atoms with E-state index in [9.17, 15) is 4.79 Å². The van der Waals surface area contributed by atoms with E-state index in [4.69, 9.17) is 4.74 Å². The van der Waals surface area contributed by atoms with E-state index in [1.165, 1.54) is 24.9 Å². The number of piperidine rings is 1. The molecule has 1 atom stereocenters. The zero-order chi connectivity index (χ0) is 17.8. The van der Waals surface area contributed by atoms with Crippen molar-refractivity contribution in [3.05, 3.63) is 53.6 Å². The molecule has 1 fully saturated rings. The molecule has 4 nitrogen and oxygen atoms in total. The molecule has 2 aromatic carbocycles. The molecule has 0 radical (unpaired) electrons. The Balaban J connectivity index is 1.73. The Morgan fingerprint density at radius 1 is 1.16 bits per heavy atom. The quantitative estimate of drug-likeness (QED) is 0.883. The van der Waals surface area contributed by atoms with E-state index in [0.29, 0.717) is 17.4 Å². The lowest BCUT2D eigenvalue weighted by molar-refractivity contribution is 0.102. The first-order chi connectivity index (χ1) is 12.1. The second kappa shape index (κ2) is 7.60. The minimum Gasteiger partial charge on any atom is -0.496 e. The third-order valence-electron chi connectivity index (χ3n) is 4.92. The zero-order valence-electron chi connectivity index (χ0n) is 15.2. The van der Waals surface area contributed by atoms with Gasteiger partial charge in [-0.1, -0.05) is 12.1 Å². The zero-order valence-corrected chi connectivity index (χ0v) is 15.2. The molecular formula is C21H26N2O2. The normalized spacial score (nSPS) is 17.2. The molecule has 1 N–H and O–H groups in total. The van der Waals surface area contributed by atoms with Crippen molar-refractivity contribution < 1.29 is 9.53 Å². The van der Waals surface area contributed by atoms with E-state index in [1.807, 2.05) is 31.2 Å². The highest BCUT2D eigenvalue weighted by Crippen LogP contribution is 2.27. The summed E-state index contributed by atoms with van der Waals surface area (Å²) in [6.45, 7) is 5.32. The Morgan fingerprint density at radius 2 is 1.92 bits per heavy atom. The summed E-state index contributed by atoms with van der Waals surface area (Å²) in [5.74, 6) is 0.471. The molecule has 1 amide bonds. The molecule has 2 aromatic rings. The molecule has 1 aliphatic rings. The minimum absolute atomic E-state index is 0.153. The van der Waals surface area contributed by atoms with Gasteiger partial charge in [0.15, 0.2) is 0 Å². The number of ether oxygens (including phenoxy) is 1. The third kappa shape index (κ3) is 3.78. The highest BCUT2D eigenvalue weighted by molar-refractivity contribution is 6.06. The standard InChI is InChI=1S/C21H26N2O2/c1-15-7-6-9-19(20(15)25-3)21(24)22-17-10-12-18(13-11-17)23-14-5-4-8-16(23)2/h6-7,9-13,16H,4-5,8,14H2,1-3H3,(H,22,24)/t16-/m1/s1. The topological polar surface area (TPSA) is 41.6 Å². The van der Waals surface area contributed by atoms with Crippen LogP contribution < -0.4 is 15.0 Å². The summed E-state index contributed by atoms with van der Waals surface area (Å²) in [5.41, 5.74) is 3.51. The highest BCUT2D eigenvalue weighted by atomic mass is 16.5. The van der Waals surface area contributed by atoms with E-state index < -0.39 is 0 Å². The van der Waals surface area contributed by atoms with Crippen molar-refractivity contribution in [2.24, 2.45) is 0 Å². The molecule has 1 saturated heterocycles. The van der Waals surface area contributed by atoms with Crippen molar-refractivity contribution in [1.82, 2.24) is 0 Å². The van der Waals surface area contributed by atoms with Gasteiger partial charge in [-0.05, 0) is 69.0 Å². The lowest BCUT2D eigenvalue weighted by Crippen LogP contribution is -2.37. The van der Waals surface area contributed by atoms with Crippen LogP contribution >= 0.6 is 0 Å². The first-order valence-corrected chi connectivity index (χ1v) is 8.92. The maximum absolute atomic E-state index is 12.6. The molecule has 0 unspecified atom stereocenters. The number of carbonyl (C=O) groups excluding carboxylic acids is 1. The van der Waals surface area contributed by atoms with Crippen LogP contribution in [0.15, 0.2) is 42.5 Å². The summed E-state index contributed by atoms with van der Waals surface area (Å²) in [5, 5.41) is 2.96. The summed E-state index contributed by atoms with van der Waals surface area (Å²) in [7, 11) is 1.59. The number of rotatable bonds is 4. The summed E-state index contributed by atoms with van der Waals surface area (Å²) in [4.78, 5) is 15.0. The number of nitrogens with one attached hydrogen (secondary N) is 1. The Kier molecular flexibility index (Phi) is 5.27. The fourth-order valence-corrected chi connectivity index (χ4v) is 3.52. The Bertz CT molecular complexity index is 740. The monoisotopic (exact) mass is 338 g/mol. The van der Waals surface area contributed by atoms with Gasteiger partial charge >= 0.3 is 0 Å². The van der Waals surface area contributed by atoms with Crippen LogP contribution in [0.4, 0.5) is 11.4 Å². The molecule has 1 aliphatic heterocycles. The van der Waals surface area contributed by atoms with E-state index >= 15 is 0 Å². The molecule has 0 bridgehead atoms. The Morgan fingerprint density at radius 3 is 2.60 bits per heavy atom. The Labute approximate surface area is 149 Å². The van der Waals surface area contributed by atoms with Gasteiger partial charge < -0.3 is 15.0 Å². The number of methoxy groups -OCH3 is 1. The molecule has 25 heavy (non-hydrogen) atoms. The van der Waals surface area contributed by atoms with Gasteiger partial charge in [0.1, 0.15) is 5.75 Å². The lowest BCUT2D eigenvalue weighted by atomic mass is 10.0. The van der Waals surface area contributed by atoms with Crippen molar-refractivity contribution in [2.75, 3.05) is 23.9 Å². The molecule has 0 aromatic heterocycles. The summed E-state index contributed by atoms with van der Waals surface area (Å²) < 4.78 is 5.38. The third-order valence-corrected chi connectivity index (χ3v) is 4.92. The van der Waals surface area contributed by atoms with Crippen molar-refractivity contribution in [3.63, 3.8) is 0 Å². The summed E-state index contributed by atoms with van der Waals surface area (Å²) in [6, 6.07) is 14.3. The first kappa shape index (κ1) is 17.3. The maximum Gasteiger partial charge on any atom is 0.259 e. The molecule has 0 saturated carbocycles. The van der Waals surface area contributed by atoms with Gasteiger partial charge in [0.25, 0.3) is 5.91 Å². The number of hydrogen-bond acceptors (Lipinski definition) is 3. The average Bonchev–Trinajstić information content (AvgIpc) is 2.62. The fraction of sp³-hybridized carbons (Fsp3) is 0.381. The fourth-order valence-electron chi connectivity index (χ4n) is 3.52. The SMILES string of the molecule is COc1c(C)cccc1C(=O)Nc1ccc(N2CCCC[C@H]2C)cc1. The molecule has 4 heteroatoms. The molecule has 0 aliphatic carbocycles. The molecule has 0 spiro atoms. The average molecular weight is 338 g/mol. The number of hydrogen-bond donors (Lipinski definition) is 1. The smallest absolute Gasteiger partial charge is 0.259 e. The van der Waals surface area contributed by atoms with Gasteiger partial charge in [-0.25, -0.2) is 0 Å². The molecule has 3 rings (SSSR count). The second-order valence-electron chi connectivity index (χ2n) is 6.69. The van der Waals surface area contributed by atoms with Gasteiger partial charge in [0.2, 0.25) is 0 Å². The Hall–Kier alpha value is -2.49. The number of nitrogens with zero attached hydrogens (tertiary/aromatic N) is 1. The van der Waals surface area contributed by atoms with Crippen LogP contribution in [0.3, 0.4) is 0 Å². The first-order valence-electron chi connectivity index (χ1n) is 8.92. The van der Waals surface area contributed by atoms with Crippen molar-refractivity contribution in [3.8, 4) is 5.75 Å². The van der Waals surface area contributed by atoms with Crippen LogP contribution in [-0.2, 0) is 0 Å². The van der Waals surface area contributed by atoms with Gasteiger partial charge in [-0.15, -0.1) is 0 Å². The number of para-hydroxylation sites is 1. The second-order valence-corrected chi connectivity index (χ2v) is 6.69. The number of benzene rings is 2. The van der Waals surface area contributed by atoms with E-state index in [2.05, 4.69) is 29.3 Å². The predicted octanol–water partition coefficient (Wildman–Crippen LogP) is 4.63. The number of amides is 1. The van der Waals surface area contributed by atoms with Gasteiger partial charge in [-0.3, -0.25) is 4.79 Å². The molecule has 132 valence electrons. The maximum atomic E-state index is 12.6. The lowest BCUT2D eigenvalue weighted by Gasteiger charge is -2.35. The van der Waals surface area contributed by atoms with Crippen molar-refractivity contribution in [2.45, 2.75) is 39.2 Å². The van der Waals surface area contributed by atoms with Crippen LogP contribution in [0.1, 0.15) is 42.1 Å². The largest absolute Gasteiger partial charge is 0.496 e. The van der Waals surface area contributed by atoms with Gasteiger partial charge in [-0.2, -0.15) is 0 Å². The van der Waals surface area contributed by atoms with Gasteiger partial charge in [0.05, 0.1) is 12.7 Å². The van der Waals surface area contributed by atoms with Crippen LogP contribution in [0.25, 0.3) is 0 Å². The minimum atomic E-state index is -0.153. The van der Waals surface area contributed by atoms with E-state index in [1.54, 1.807) is 13.2 Å².